The number of rotatable bonds is 3. The Labute approximate surface area is 94.6 Å². The molecule has 3 heteroatoms. The number of benzene rings is 1. The first-order chi connectivity index (χ1) is 7.20. The van der Waals surface area contributed by atoms with Crippen LogP contribution in [0.4, 0.5) is 5.69 Å². The van der Waals surface area contributed by atoms with Crippen LogP contribution in [0.1, 0.15) is 18.9 Å². The quantitative estimate of drug-likeness (QED) is 0.785. The fraction of sp³-hybridized carbons (Fsp3) is 0.417. The summed E-state index contributed by atoms with van der Waals surface area (Å²) in [7, 11) is 0. The highest BCUT2D eigenvalue weighted by molar-refractivity contribution is 6.17. The van der Waals surface area contributed by atoms with E-state index in [1.165, 1.54) is 0 Å². The van der Waals surface area contributed by atoms with Crippen molar-refractivity contribution in [3.63, 3.8) is 0 Å². The number of alkyl halides is 1. The van der Waals surface area contributed by atoms with Gasteiger partial charge in [-0.05, 0) is 30.0 Å². The number of hydrogen-bond acceptors (Lipinski definition) is 1. The number of halogens is 1. The van der Waals surface area contributed by atoms with Crippen molar-refractivity contribution < 1.29 is 4.79 Å². The monoisotopic (exact) mass is 223 g/mol. The Balaban J connectivity index is 2.00. The van der Waals surface area contributed by atoms with Gasteiger partial charge in [-0.3, -0.25) is 4.79 Å². The minimum atomic E-state index is 0.134. The van der Waals surface area contributed by atoms with Gasteiger partial charge in [-0.2, -0.15) is 0 Å². The van der Waals surface area contributed by atoms with E-state index in [4.69, 9.17) is 11.6 Å². The van der Waals surface area contributed by atoms with Gasteiger partial charge in [-0.15, -0.1) is 11.6 Å². The van der Waals surface area contributed by atoms with Crippen LogP contribution < -0.4 is 5.32 Å². The van der Waals surface area contributed by atoms with E-state index < -0.39 is 0 Å². The van der Waals surface area contributed by atoms with Crippen LogP contribution in [0.3, 0.4) is 0 Å². The van der Waals surface area contributed by atoms with E-state index in [9.17, 15) is 4.79 Å². The summed E-state index contributed by atoms with van der Waals surface area (Å²) >= 11 is 5.72. The second kappa shape index (κ2) is 4.23. The van der Waals surface area contributed by atoms with Crippen LogP contribution in [0.15, 0.2) is 24.3 Å². The molecule has 1 fully saturated rings. The molecule has 1 aromatic carbocycles. The fourth-order valence-corrected chi connectivity index (χ4v) is 1.82. The van der Waals surface area contributed by atoms with E-state index >= 15 is 0 Å². The van der Waals surface area contributed by atoms with Crippen molar-refractivity contribution in [2.75, 3.05) is 5.32 Å². The molecule has 0 bridgehead atoms. The Bertz CT molecular complexity index is 378. The lowest BCUT2D eigenvalue weighted by Crippen LogP contribution is -2.14. The number of nitrogens with one attached hydrogen (secondary N) is 1. The highest BCUT2D eigenvalue weighted by Gasteiger charge is 2.38. The fourth-order valence-electron chi connectivity index (χ4n) is 1.65. The molecule has 2 nitrogen and oxygen atoms in total. The summed E-state index contributed by atoms with van der Waals surface area (Å²) in [6.45, 7) is 2.10. The van der Waals surface area contributed by atoms with Crippen LogP contribution >= 0.6 is 11.6 Å². The molecule has 0 radical (unpaired) electrons. The molecule has 0 spiro atoms. The van der Waals surface area contributed by atoms with Crippen molar-refractivity contribution in [2.45, 2.75) is 19.2 Å². The zero-order valence-corrected chi connectivity index (χ0v) is 9.42. The second-order valence-electron chi connectivity index (χ2n) is 4.14. The van der Waals surface area contributed by atoms with E-state index in [1.54, 1.807) is 0 Å². The Morgan fingerprint density at radius 3 is 2.93 bits per heavy atom. The van der Waals surface area contributed by atoms with Crippen LogP contribution in [0, 0.1) is 11.8 Å². The predicted molar refractivity (Wildman–Crippen MR) is 61.9 cm³/mol. The molecular formula is C12H14ClNO. The van der Waals surface area contributed by atoms with Gasteiger partial charge in [0.1, 0.15) is 0 Å². The lowest BCUT2D eigenvalue weighted by Gasteiger charge is -2.05. The number of carbonyl (C=O) groups excluding carboxylic acids is 1. The minimum absolute atomic E-state index is 0.134. The van der Waals surface area contributed by atoms with Gasteiger partial charge >= 0.3 is 0 Å². The topological polar surface area (TPSA) is 29.1 Å². The molecule has 1 amide bonds. The third-order valence-corrected chi connectivity index (χ3v) is 3.10. The van der Waals surface area contributed by atoms with Crippen LogP contribution in [0.5, 0.6) is 0 Å². The van der Waals surface area contributed by atoms with Gasteiger partial charge in [-0.25, -0.2) is 0 Å². The Morgan fingerprint density at radius 2 is 2.33 bits per heavy atom. The Hall–Kier alpha value is -1.02. The molecule has 2 unspecified atom stereocenters. The molecule has 15 heavy (non-hydrogen) atoms. The summed E-state index contributed by atoms with van der Waals surface area (Å²) in [5, 5.41) is 2.91. The molecule has 80 valence electrons. The largest absolute Gasteiger partial charge is 0.326 e. The number of anilines is 1. The minimum Gasteiger partial charge on any atom is -0.326 e. The standard InChI is InChI=1S/C12H14ClNO/c1-8-5-11(8)12(15)14-10-4-2-3-9(6-10)7-13/h2-4,6,8,11H,5,7H2,1H3,(H,14,15). The average molecular weight is 224 g/mol. The molecule has 2 atom stereocenters. The lowest BCUT2D eigenvalue weighted by atomic mass is 10.2. The van der Waals surface area contributed by atoms with Crippen LogP contribution in [0.2, 0.25) is 0 Å². The van der Waals surface area contributed by atoms with E-state index in [0.29, 0.717) is 11.8 Å². The molecule has 1 saturated carbocycles. The third kappa shape index (κ3) is 2.51. The molecule has 0 saturated heterocycles. The van der Waals surface area contributed by atoms with Crippen LogP contribution in [0.25, 0.3) is 0 Å². The Kier molecular flexibility index (Phi) is 2.96. The number of amides is 1. The zero-order chi connectivity index (χ0) is 10.8. The van der Waals surface area contributed by atoms with E-state index in [-0.39, 0.29) is 11.8 Å². The molecule has 1 aromatic rings. The van der Waals surface area contributed by atoms with Gasteiger partial charge in [0.25, 0.3) is 0 Å². The predicted octanol–water partition coefficient (Wildman–Crippen LogP) is 3.02. The van der Waals surface area contributed by atoms with Crippen molar-refractivity contribution in [2.24, 2.45) is 11.8 Å². The molecule has 0 aromatic heterocycles. The highest BCUT2D eigenvalue weighted by Crippen LogP contribution is 2.38. The molecule has 1 aliphatic rings. The third-order valence-electron chi connectivity index (χ3n) is 2.80. The number of hydrogen-bond donors (Lipinski definition) is 1. The zero-order valence-electron chi connectivity index (χ0n) is 8.66. The Morgan fingerprint density at radius 1 is 1.60 bits per heavy atom. The smallest absolute Gasteiger partial charge is 0.227 e. The maximum absolute atomic E-state index is 11.6. The van der Waals surface area contributed by atoms with Crippen molar-refractivity contribution in [1.29, 1.82) is 0 Å². The van der Waals surface area contributed by atoms with Crippen molar-refractivity contribution in [3.8, 4) is 0 Å². The van der Waals surface area contributed by atoms with Gasteiger partial charge in [0.15, 0.2) is 0 Å². The number of carbonyl (C=O) groups is 1. The van der Waals surface area contributed by atoms with Crippen molar-refractivity contribution >= 4 is 23.2 Å². The molecule has 1 N–H and O–H groups in total. The average Bonchev–Trinajstić information content (AvgIpc) is 2.96. The first-order valence-electron chi connectivity index (χ1n) is 5.16. The highest BCUT2D eigenvalue weighted by atomic mass is 35.5. The van der Waals surface area contributed by atoms with Crippen LogP contribution in [-0.2, 0) is 10.7 Å². The SMILES string of the molecule is CC1CC1C(=O)Nc1cccc(CCl)c1. The van der Waals surface area contributed by atoms with Crippen LogP contribution in [-0.4, -0.2) is 5.91 Å². The first-order valence-corrected chi connectivity index (χ1v) is 5.70. The second-order valence-corrected chi connectivity index (χ2v) is 4.41. The van der Waals surface area contributed by atoms with Gasteiger partial charge < -0.3 is 5.32 Å². The van der Waals surface area contributed by atoms with Gasteiger partial charge in [0.05, 0.1) is 0 Å². The molecule has 0 heterocycles. The molecule has 0 aliphatic heterocycles. The summed E-state index contributed by atoms with van der Waals surface area (Å²) < 4.78 is 0. The summed E-state index contributed by atoms with van der Waals surface area (Å²) in [5.74, 6) is 1.36. The van der Waals surface area contributed by atoms with Crippen molar-refractivity contribution in [1.82, 2.24) is 0 Å². The summed E-state index contributed by atoms with van der Waals surface area (Å²) in [4.78, 5) is 11.6. The van der Waals surface area contributed by atoms with E-state index in [1.807, 2.05) is 24.3 Å². The van der Waals surface area contributed by atoms with Crippen molar-refractivity contribution in [3.05, 3.63) is 29.8 Å². The lowest BCUT2D eigenvalue weighted by molar-refractivity contribution is -0.117. The normalized spacial score (nSPS) is 23.6. The molecule has 1 aliphatic carbocycles. The van der Waals surface area contributed by atoms with E-state index in [2.05, 4.69) is 12.2 Å². The van der Waals surface area contributed by atoms with Gasteiger partial charge in [-0.1, -0.05) is 19.1 Å². The van der Waals surface area contributed by atoms with Gasteiger partial charge in [0, 0.05) is 17.5 Å². The molecule has 2 rings (SSSR count). The maximum atomic E-state index is 11.6. The molecular weight excluding hydrogens is 210 g/mol. The first kappa shape index (κ1) is 10.5. The summed E-state index contributed by atoms with van der Waals surface area (Å²) in [5.41, 5.74) is 1.87. The summed E-state index contributed by atoms with van der Waals surface area (Å²) in [6.07, 6.45) is 1.01. The van der Waals surface area contributed by atoms with E-state index in [0.717, 1.165) is 17.7 Å². The summed E-state index contributed by atoms with van der Waals surface area (Å²) in [6, 6.07) is 7.66. The van der Waals surface area contributed by atoms with Gasteiger partial charge in [0.2, 0.25) is 5.91 Å². The maximum Gasteiger partial charge on any atom is 0.227 e.